The van der Waals surface area contributed by atoms with Gasteiger partial charge in [0.2, 0.25) is 11.8 Å². The lowest BCUT2D eigenvalue weighted by Gasteiger charge is -1.95. The molecule has 0 aliphatic heterocycles. The van der Waals surface area contributed by atoms with E-state index in [0.717, 1.165) is 11.1 Å². The number of hydrogen-bond donors (Lipinski definition) is 0. The third-order valence-electron chi connectivity index (χ3n) is 3.92. The molecule has 0 bridgehead atoms. The number of hydrogen-bond acceptors (Lipinski definition) is 6. The van der Waals surface area contributed by atoms with Crippen molar-refractivity contribution in [3.63, 3.8) is 0 Å². The van der Waals surface area contributed by atoms with Gasteiger partial charge in [-0.05, 0) is 56.1 Å². The van der Waals surface area contributed by atoms with Crippen LogP contribution >= 0.6 is 31.9 Å². The zero-order valence-electron chi connectivity index (χ0n) is 13.0. The number of fused-ring (bicyclic) bond motifs is 2. The van der Waals surface area contributed by atoms with E-state index < -0.39 is 0 Å². The van der Waals surface area contributed by atoms with Gasteiger partial charge in [0.25, 0.3) is 0 Å². The molecule has 126 valence electrons. The first kappa shape index (κ1) is 15.7. The average molecular weight is 472 g/mol. The standard InChI is InChI=1S/C18H8Br2N4O2/c19-11-13-15(25-17(23-13)9-1-5-21-6-2-9)12(20)14-16(11)26-18(24-14)10-3-7-22-8-4-10/h1-8H. The molecule has 1 aromatic carbocycles. The summed E-state index contributed by atoms with van der Waals surface area (Å²) in [7, 11) is 0. The zero-order valence-corrected chi connectivity index (χ0v) is 16.2. The third kappa shape index (κ3) is 2.37. The normalized spacial score (nSPS) is 11.5. The predicted molar refractivity (Wildman–Crippen MR) is 103 cm³/mol. The first-order valence-corrected chi connectivity index (χ1v) is 9.20. The quantitative estimate of drug-likeness (QED) is 0.332. The van der Waals surface area contributed by atoms with Crippen LogP contribution in [0.4, 0.5) is 0 Å². The van der Waals surface area contributed by atoms with Crippen LogP contribution in [0.25, 0.3) is 45.1 Å². The van der Waals surface area contributed by atoms with Crippen LogP contribution in [0.1, 0.15) is 0 Å². The number of halogens is 2. The lowest BCUT2D eigenvalue weighted by molar-refractivity contribution is 0.615. The maximum Gasteiger partial charge on any atom is 0.227 e. The van der Waals surface area contributed by atoms with Gasteiger partial charge in [0.15, 0.2) is 11.2 Å². The highest BCUT2D eigenvalue weighted by Gasteiger charge is 2.22. The molecular weight excluding hydrogens is 464 g/mol. The molecule has 26 heavy (non-hydrogen) atoms. The molecule has 0 fully saturated rings. The van der Waals surface area contributed by atoms with Crippen LogP contribution < -0.4 is 0 Å². The number of nitrogens with zero attached hydrogens (tertiary/aromatic N) is 4. The number of benzene rings is 1. The average Bonchev–Trinajstić information content (AvgIpc) is 3.33. The predicted octanol–water partition coefficient (Wildman–Crippen LogP) is 5.62. The summed E-state index contributed by atoms with van der Waals surface area (Å²) in [5.41, 5.74) is 4.22. The Bertz CT molecular complexity index is 1100. The summed E-state index contributed by atoms with van der Waals surface area (Å²) < 4.78 is 13.4. The summed E-state index contributed by atoms with van der Waals surface area (Å²) in [5.74, 6) is 1.01. The van der Waals surface area contributed by atoms with E-state index in [1.807, 2.05) is 24.3 Å². The summed E-state index contributed by atoms with van der Waals surface area (Å²) >= 11 is 7.17. The number of aromatic nitrogens is 4. The maximum atomic E-state index is 5.98. The van der Waals surface area contributed by atoms with Crippen molar-refractivity contribution >= 4 is 54.1 Å². The lowest BCUT2D eigenvalue weighted by atomic mass is 10.3. The van der Waals surface area contributed by atoms with E-state index in [2.05, 4.69) is 51.8 Å². The van der Waals surface area contributed by atoms with Gasteiger partial charge in [-0.15, -0.1) is 0 Å². The Labute approximate surface area is 163 Å². The van der Waals surface area contributed by atoms with Gasteiger partial charge in [-0.2, -0.15) is 0 Å². The lowest BCUT2D eigenvalue weighted by Crippen LogP contribution is -1.79. The Hall–Kier alpha value is -2.58. The van der Waals surface area contributed by atoms with Gasteiger partial charge in [-0.25, -0.2) is 9.97 Å². The third-order valence-corrected chi connectivity index (χ3v) is 5.39. The van der Waals surface area contributed by atoms with Gasteiger partial charge < -0.3 is 8.83 Å². The molecule has 6 nitrogen and oxygen atoms in total. The molecular formula is C18H8Br2N4O2. The zero-order chi connectivity index (χ0) is 17.7. The van der Waals surface area contributed by atoms with Crippen LogP contribution in [-0.4, -0.2) is 19.9 Å². The number of pyridine rings is 2. The van der Waals surface area contributed by atoms with E-state index in [-0.39, 0.29) is 0 Å². The summed E-state index contributed by atoms with van der Waals surface area (Å²) in [6.07, 6.45) is 6.79. The summed E-state index contributed by atoms with van der Waals surface area (Å²) in [6, 6.07) is 7.37. The van der Waals surface area contributed by atoms with Crippen LogP contribution in [-0.2, 0) is 0 Å². The maximum absolute atomic E-state index is 5.98. The van der Waals surface area contributed by atoms with Crippen LogP contribution in [0.3, 0.4) is 0 Å². The van der Waals surface area contributed by atoms with E-state index in [1.54, 1.807) is 24.8 Å². The highest BCUT2D eigenvalue weighted by molar-refractivity contribution is 9.11. The van der Waals surface area contributed by atoms with Crippen LogP contribution in [0.2, 0.25) is 0 Å². The molecule has 0 N–H and O–H groups in total. The van der Waals surface area contributed by atoms with Gasteiger partial charge in [0, 0.05) is 35.9 Å². The number of oxazole rings is 2. The minimum absolute atomic E-state index is 0.505. The van der Waals surface area contributed by atoms with E-state index >= 15 is 0 Å². The van der Waals surface area contributed by atoms with Crippen LogP contribution in [0.15, 0.2) is 66.8 Å². The first-order valence-electron chi connectivity index (χ1n) is 7.61. The molecule has 0 radical (unpaired) electrons. The van der Waals surface area contributed by atoms with Gasteiger partial charge in [0.05, 0.1) is 8.95 Å². The largest absolute Gasteiger partial charge is 0.435 e. The summed E-state index contributed by atoms with van der Waals surface area (Å²) in [5, 5.41) is 0. The van der Waals surface area contributed by atoms with Crippen LogP contribution in [0, 0.1) is 0 Å². The monoisotopic (exact) mass is 470 g/mol. The summed E-state index contributed by atoms with van der Waals surface area (Å²) in [6.45, 7) is 0. The van der Waals surface area contributed by atoms with E-state index in [4.69, 9.17) is 8.83 Å². The topological polar surface area (TPSA) is 77.8 Å². The fraction of sp³-hybridized carbons (Fsp3) is 0. The highest BCUT2D eigenvalue weighted by Crippen LogP contribution is 2.42. The molecule has 0 atom stereocenters. The van der Waals surface area contributed by atoms with E-state index in [0.29, 0.717) is 42.9 Å². The minimum atomic E-state index is 0.505. The Balaban J connectivity index is 1.76. The fourth-order valence-electron chi connectivity index (χ4n) is 2.69. The van der Waals surface area contributed by atoms with Crippen molar-refractivity contribution in [3.05, 3.63) is 58.0 Å². The van der Waals surface area contributed by atoms with Crippen molar-refractivity contribution < 1.29 is 8.83 Å². The minimum Gasteiger partial charge on any atom is -0.435 e. The Morgan fingerprint density at radius 3 is 1.38 bits per heavy atom. The molecule has 8 heteroatoms. The van der Waals surface area contributed by atoms with Crippen molar-refractivity contribution in [1.82, 2.24) is 19.9 Å². The Morgan fingerprint density at radius 2 is 1.00 bits per heavy atom. The molecule has 0 saturated carbocycles. The Morgan fingerprint density at radius 1 is 0.615 bits per heavy atom. The molecule has 5 rings (SSSR count). The van der Waals surface area contributed by atoms with Gasteiger partial charge >= 0.3 is 0 Å². The Kier molecular flexibility index (Phi) is 3.61. The highest BCUT2D eigenvalue weighted by atomic mass is 79.9. The second-order valence-corrected chi connectivity index (χ2v) is 7.08. The molecule has 0 aliphatic carbocycles. The van der Waals surface area contributed by atoms with Gasteiger partial charge in [0.1, 0.15) is 11.0 Å². The summed E-state index contributed by atoms with van der Waals surface area (Å²) in [4.78, 5) is 17.2. The number of rotatable bonds is 2. The van der Waals surface area contributed by atoms with Crippen molar-refractivity contribution in [1.29, 1.82) is 0 Å². The molecule has 0 amide bonds. The fourth-order valence-corrected chi connectivity index (χ4v) is 3.76. The van der Waals surface area contributed by atoms with Crippen molar-refractivity contribution in [2.75, 3.05) is 0 Å². The molecule has 5 aromatic rings. The van der Waals surface area contributed by atoms with Gasteiger partial charge in [-0.1, -0.05) is 0 Å². The van der Waals surface area contributed by atoms with E-state index in [1.165, 1.54) is 0 Å². The van der Waals surface area contributed by atoms with Crippen LogP contribution in [0.5, 0.6) is 0 Å². The second-order valence-electron chi connectivity index (χ2n) is 5.49. The second kappa shape index (κ2) is 6.00. The van der Waals surface area contributed by atoms with Crippen molar-refractivity contribution in [2.45, 2.75) is 0 Å². The van der Waals surface area contributed by atoms with Crippen molar-refractivity contribution in [3.8, 4) is 22.9 Å². The molecule has 4 aromatic heterocycles. The molecule has 0 saturated heterocycles. The van der Waals surface area contributed by atoms with E-state index in [9.17, 15) is 0 Å². The first-order chi connectivity index (χ1) is 12.7. The molecule has 4 heterocycles. The smallest absolute Gasteiger partial charge is 0.227 e. The SMILES string of the molecule is Brc1c2nc(-c3ccncc3)oc2c(Br)c2nc(-c3ccncc3)oc12. The molecule has 0 unspecified atom stereocenters. The van der Waals surface area contributed by atoms with Gasteiger partial charge in [-0.3, -0.25) is 9.97 Å². The molecule has 0 spiro atoms. The molecule has 0 aliphatic rings. The van der Waals surface area contributed by atoms with Crippen molar-refractivity contribution in [2.24, 2.45) is 0 Å².